The molecule has 0 aliphatic carbocycles. The number of thioether (sulfide) groups is 1. The number of rotatable bonds is 4. The fraction of sp³-hybridized carbons (Fsp3) is 0.391. The zero-order chi connectivity index (χ0) is 21.0. The molecule has 0 spiro atoms. The van der Waals surface area contributed by atoms with Crippen LogP contribution in [0.3, 0.4) is 0 Å². The van der Waals surface area contributed by atoms with Gasteiger partial charge in [0.2, 0.25) is 5.60 Å². The average molecular weight is 412 g/mol. The highest BCUT2D eigenvalue weighted by molar-refractivity contribution is 8.00. The van der Waals surface area contributed by atoms with Crippen molar-refractivity contribution in [1.82, 2.24) is 4.90 Å². The van der Waals surface area contributed by atoms with Crippen molar-refractivity contribution in [3.63, 3.8) is 0 Å². The molecule has 2 heterocycles. The van der Waals surface area contributed by atoms with Crippen molar-refractivity contribution < 1.29 is 19.1 Å². The highest BCUT2D eigenvalue weighted by Gasteiger charge is 2.69. The molecule has 1 amide bonds. The molecule has 0 aromatic heterocycles. The van der Waals surface area contributed by atoms with Crippen LogP contribution < -0.4 is 4.74 Å². The molecule has 152 valence electrons. The van der Waals surface area contributed by atoms with Gasteiger partial charge in [0, 0.05) is 18.7 Å². The molecule has 0 saturated carbocycles. The van der Waals surface area contributed by atoms with Crippen LogP contribution in [-0.2, 0) is 14.3 Å². The van der Waals surface area contributed by atoms with Crippen LogP contribution in [0, 0.1) is 5.41 Å². The number of amides is 1. The lowest BCUT2D eigenvalue weighted by atomic mass is 9.75. The van der Waals surface area contributed by atoms with E-state index in [1.807, 2.05) is 64.1 Å². The maximum atomic E-state index is 13.1. The number of carbonyl (C=O) groups excluding carboxylic acids is 2. The molecule has 0 N–H and O–H groups in total. The van der Waals surface area contributed by atoms with Crippen molar-refractivity contribution in [2.75, 3.05) is 7.11 Å². The van der Waals surface area contributed by atoms with Gasteiger partial charge in [-0.2, -0.15) is 0 Å². The second kappa shape index (κ2) is 6.89. The lowest BCUT2D eigenvalue weighted by molar-refractivity contribution is -0.188. The van der Waals surface area contributed by atoms with E-state index < -0.39 is 16.4 Å². The Hall–Kier alpha value is -2.31. The number of fused-ring (bicyclic) bond motifs is 2. The van der Waals surface area contributed by atoms with Crippen LogP contribution in [0.5, 0.6) is 5.75 Å². The van der Waals surface area contributed by atoms with E-state index in [-0.39, 0.29) is 17.1 Å². The summed E-state index contributed by atoms with van der Waals surface area (Å²) in [5.41, 5.74) is -1.55. The largest absolute Gasteiger partial charge is 0.475 e. The molecular formula is C23H25NO4S. The van der Waals surface area contributed by atoms with E-state index in [4.69, 9.17) is 9.47 Å². The maximum Gasteiger partial charge on any atom is 0.270 e. The summed E-state index contributed by atoms with van der Waals surface area (Å²) in [7, 11) is 1.43. The summed E-state index contributed by atoms with van der Waals surface area (Å²) in [4.78, 5) is 27.6. The summed E-state index contributed by atoms with van der Waals surface area (Å²) < 4.78 is 11.8. The molecule has 2 aromatic carbocycles. The van der Waals surface area contributed by atoms with Crippen LogP contribution >= 0.6 is 11.8 Å². The number of Topliss-reactive ketones (excluding diaryl/α,β-unsaturated/α-hetero) is 1. The van der Waals surface area contributed by atoms with E-state index in [2.05, 4.69) is 6.07 Å². The number of β-lactam (4-membered cyclic amide) rings is 1. The van der Waals surface area contributed by atoms with E-state index in [1.54, 1.807) is 11.1 Å². The number of hydrogen-bond acceptors (Lipinski definition) is 5. The summed E-state index contributed by atoms with van der Waals surface area (Å²) >= 11 is 1.44. The lowest BCUT2D eigenvalue weighted by Gasteiger charge is -2.55. The molecule has 2 aliphatic heterocycles. The predicted octanol–water partition coefficient (Wildman–Crippen LogP) is 4.36. The summed E-state index contributed by atoms with van der Waals surface area (Å²) in [6.45, 7) is 7.36. The first-order valence-electron chi connectivity index (χ1n) is 9.60. The Balaban J connectivity index is 1.62. The van der Waals surface area contributed by atoms with Gasteiger partial charge >= 0.3 is 0 Å². The minimum atomic E-state index is -1.47. The number of ketones is 1. The van der Waals surface area contributed by atoms with Crippen LogP contribution in [-0.4, -0.2) is 40.1 Å². The number of methoxy groups -OCH3 is 1. The van der Waals surface area contributed by atoms with Gasteiger partial charge in [-0.05, 0) is 35.4 Å². The number of benzene rings is 2. The smallest absolute Gasteiger partial charge is 0.270 e. The first kappa shape index (κ1) is 20.0. The van der Waals surface area contributed by atoms with E-state index >= 15 is 0 Å². The second-order valence-corrected chi connectivity index (χ2v) is 9.70. The quantitative estimate of drug-likeness (QED) is 0.553. The predicted molar refractivity (Wildman–Crippen MR) is 115 cm³/mol. The fourth-order valence-electron chi connectivity index (χ4n) is 3.86. The van der Waals surface area contributed by atoms with Crippen LogP contribution in [0.2, 0.25) is 0 Å². The molecule has 2 aromatic rings. The van der Waals surface area contributed by atoms with E-state index in [9.17, 15) is 9.59 Å². The summed E-state index contributed by atoms with van der Waals surface area (Å²) in [6.07, 6.45) is 1.78. The van der Waals surface area contributed by atoms with Gasteiger partial charge in [-0.25, -0.2) is 0 Å². The summed E-state index contributed by atoms with van der Waals surface area (Å²) in [6, 6.07) is 14.1. The Bertz CT molecular complexity index is 1020. The Morgan fingerprint density at radius 1 is 1.14 bits per heavy atom. The molecule has 0 bridgehead atoms. The molecule has 29 heavy (non-hydrogen) atoms. The van der Waals surface area contributed by atoms with Gasteiger partial charge < -0.3 is 9.47 Å². The highest BCUT2D eigenvalue weighted by atomic mass is 32.2. The van der Waals surface area contributed by atoms with Gasteiger partial charge in [-0.1, -0.05) is 62.9 Å². The molecule has 6 heteroatoms. The average Bonchev–Trinajstić information content (AvgIpc) is 2.69. The third-order valence-corrected chi connectivity index (χ3v) is 6.96. The maximum absolute atomic E-state index is 13.1. The van der Waals surface area contributed by atoms with Crippen LogP contribution in [0.1, 0.15) is 27.7 Å². The molecule has 1 saturated heterocycles. The van der Waals surface area contributed by atoms with Gasteiger partial charge in [0.1, 0.15) is 11.1 Å². The Morgan fingerprint density at radius 2 is 1.83 bits per heavy atom. The third kappa shape index (κ3) is 3.06. The molecule has 5 nitrogen and oxygen atoms in total. The zero-order valence-electron chi connectivity index (χ0n) is 17.3. The molecule has 2 aliphatic rings. The number of ether oxygens (including phenoxy) is 2. The Labute approximate surface area is 175 Å². The normalized spacial score (nSPS) is 26.6. The lowest BCUT2D eigenvalue weighted by Crippen LogP contribution is -2.77. The number of carbonyl (C=O) groups is 2. The summed E-state index contributed by atoms with van der Waals surface area (Å²) in [5, 5.41) is 1.80. The van der Waals surface area contributed by atoms with Crippen LogP contribution in [0.25, 0.3) is 10.8 Å². The minimum absolute atomic E-state index is 0.205. The minimum Gasteiger partial charge on any atom is -0.475 e. The molecule has 0 radical (unpaired) electrons. The van der Waals surface area contributed by atoms with E-state index in [1.165, 1.54) is 18.9 Å². The van der Waals surface area contributed by atoms with E-state index in [0.29, 0.717) is 0 Å². The van der Waals surface area contributed by atoms with Crippen molar-refractivity contribution in [3.05, 3.63) is 54.2 Å². The topological polar surface area (TPSA) is 55.8 Å². The molecule has 3 atom stereocenters. The van der Waals surface area contributed by atoms with Gasteiger partial charge in [0.25, 0.3) is 5.91 Å². The third-order valence-electron chi connectivity index (χ3n) is 5.42. The number of hydrogen-bond donors (Lipinski definition) is 0. The van der Waals surface area contributed by atoms with Crippen molar-refractivity contribution in [2.45, 2.75) is 44.1 Å². The first-order valence-corrected chi connectivity index (χ1v) is 10.5. The monoisotopic (exact) mass is 411 g/mol. The second-order valence-electron chi connectivity index (χ2n) is 8.55. The highest BCUT2D eigenvalue weighted by Crippen LogP contribution is 2.50. The van der Waals surface area contributed by atoms with Gasteiger partial charge in [-0.3, -0.25) is 14.5 Å². The zero-order valence-corrected chi connectivity index (χ0v) is 18.1. The van der Waals surface area contributed by atoms with Gasteiger partial charge in [0.15, 0.2) is 11.2 Å². The number of nitrogens with zero attached hydrogens (tertiary/aromatic N) is 1. The van der Waals surface area contributed by atoms with Crippen LogP contribution in [0.4, 0.5) is 0 Å². The van der Waals surface area contributed by atoms with Gasteiger partial charge in [-0.15, -0.1) is 0 Å². The van der Waals surface area contributed by atoms with Crippen molar-refractivity contribution in [3.8, 4) is 5.75 Å². The molecular weight excluding hydrogens is 386 g/mol. The first-order chi connectivity index (χ1) is 13.7. The SMILES string of the molecule is CO[C@@]1(C(=O)C(C)(C)C)C(=O)N2C=C(C)C(Oc3ccc4ccccc4c3)S[C@H]21. The van der Waals surface area contributed by atoms with Gasteiger partial charge in [0.05, 0.1) is 0 Å². The summed E-state index contributed by atoms with van der Waals surface area (Å²) in [5.74, 6) is 0.239. The molecule has 1 unspecified atom stereocenters. The molecule has 4 rings (SSSR count). The Kier molecular flexibility index (Phi) is 4.74. The molecule has 1 fully saturated rings. The van der Waals surface area contributed by atoms with E-state index in [0.717, 1.165) is 22.1 Å². The fourth-order valence-corrected chi connectivity index (χ4v) is 5.32. The van der Waals surface area contributed by atoms with Crippen molar-refractivity contribution in [1.29, 1.82) is 0 Å². The van der Waals surface area contributed by atoms with Crippen molar-refractivity contribution in [2.24, 2.45) is 5.41 Å². The van der Waals surface area contributed by atoms with Crippen molar-refractivity contribution >= 4 is 34.2 Å². The Morgan fingerprint density at radius 3 is 2.48 bits per heavy atom. The van der Waals surface area contributed by atoms with Crippen LogP contribution in [0.15, 0.2) is 54.2 Å². The standard InChI is InChI=1S/C23H25NO4S/c1-14-13-24-20(26)23(27-5,19(25)22(2,3)4)21(24)29-18(14)28-17-11-10-15-8-6-7-9-16(15)12-17/h6-13,18,21H,1-5H3/t18?,21-,23-/m0/s1.